The van der Waals surface area contributed by atoms with E-state index in [1.807, 2.05) is 26.0 Å². The molecule has 4 aliphatic carbocycles. The third-order valence-corrected chi connectivity index (χ3v) is 17.1. The highest BCUT2D eigenvalue weighted by molar-refractivity contribution is 14.1. The molecule has 0 saturated heterocycles. The normalized spacial score (nSPS) is 31.6. The second-order valence-corrected chi connectivity index (χ2v) is 20.8. The van der Waals surface area contributed by atoms with Gasteiger partial charge in [0.15, 0.2) is 0 Å². The number of hydrogen-bond donors (Lipinski definition) is 2. The van der Waals surface area contributed by atoms with E-state index in [0.29, 0.717) is 11.0 Å². The molecule has 5 rings (SSSR count). The fourth-order valence-corrected chi connectivity index (χ4v) is 13.1. The van der Waals surface area contributed by atoms with Crippen molar-refractivity contribution < 1.29 is 19.1 Å². The lowest BCUT2D eigenvalue weighted by Gasteiger charge is -2.58. The van der Waals surface area contributed by atoms with Gasteiger partial charge in [0.25, 0.3) is 5.91 Å². The first kappa shape index (κ1) is 40.7. The van der Waals surface area contributed by atoms with Crippen LogP contribution in [0.5, 0.6) is 0 Å². The second kappa shape index (κ2) is 16.9. The molecule has 0 bridgehead atoms. The Balaban J connectivity index is 1.14. The zero-order valence-electron chi connectivity index (χ0n) is 31.2. The Morgan fingerprint density at radius 3 is 2.38 bits per heavy atom. The fraction of sp³-hybridized carbons (Fsp3) is 0.732. The average Bonchev–Trinajstić information content (AvgIpc) is 3.41. The smallest absolute Gasteiger partial charge is 0.325 e. The van der Waals surface area contributed by atoms with Gasteiger partial charge in [-0.1, -0.05) is 79.4 Å². The van der Waals surface area contributed by atoms with Crippen LogP contribution in [0.25, 0.3) is 0 Å². The highest BCUT2D eigenvalue weighted by Crippen LogP contribution is 2.67. The van der Waals surface area contributed by atoms with E-state index in [1.165, 1.54) is 56.9 Å². The van der Waals surface area contributed by atoms with E-state index in [9.17, 15) is 14.4 Å². The van der Waals surface area contributed by atoms with E-state index in [4.69, 9.17) is 4.74 Å². The number of carbonyl (C=O) groups excluding carboxylic acids is 3. The topological polar surface area (TPSA) is 84.5 Å². The third kappa shape index (κ3) is 8.75. The molecule has 50 heavy (non-hydrogen) atoms. The number of nitrogens with one attached hydrogen (secondary N) is 2. The van der Waals surface area contributed by atoms with E-state index in [1.54, 1.807) is 0 Å². The van der Waals surface area contributed by atoms with E-state index in [-0.39, 0.29) is 35.8 Å². The zero-order valence-corrected chi connectivity index (χ0v) is 37.7. The number of benzene rings is 1. The number of rotatable bonds is 12. The van der Waals surface area contributed by atoms with Gasteiger partial charge in [0.2, 0.25) is 5.91 Å². The van der Waals surface area contributed by atoms with Crippen LogP contribution in [-0.4, -0.2) is 36.5 Å². The lowest BCUT2D eigenvalue weighted by Crippen LogP contribution is -2.51. The number of carbonyl (C=O) groups is 3. The maximum atomic E-state index is 13.2. The van der Waals surface area contributed by atoms with Gasteiger partial charge < -0.3 is 15.4 Å². The predicted molar refractivity (Wildman–Crippen MR) is 227 cm³/mol. The minimum absolute atomic E-state index is 0.154. The third-order valence-electron chi connectivity index (χ3n) is 13.4. The number of amides is 2. The van der Waals surface area contributed by atoms with Crippen LogP contribution in [0, 0.1) is 63.0 Å². The number of ether oxygens (including phenoxy) is 1. The van der Waals surface area contributed by atoms with Gasteiger partial charge in [0.1, 0.15) is 18.7 Å². The molecular formula is C41H59I3N2O4. The summed E-state index contributed by atoms with van der Waals surface area (Å²) >= 11 is 6.58. The minimum Gasteiger partial charge on any atom is -0.461 e. The second-order valence-electron chi connectivity index (χ2n) is 17.3. The van der Waals surface area contributed by atoms with E-state index >= 15 is 0 Å². The van der Waals surface area contributed by atoms with Crippen molar-refractivity contribution in [2.45, 2.75) is 131 Å². The monoisotopic (exact) mass is 1020 g/mol. The van der Waals surface area contributed by atoms with Crippen LogP contribution in [0.3, 0.4) is 0 Å². The van der Waals surface area contributed by atoms with Gasteiger partial charge in [0, 0.05) is 17.1 Å². The van der Waals surface area contributed by atoms with E-state index < -0.39 is 12.0 Å². The highest BCUT2D eigenvalue weighted by Gasteiger charge is 2.59. The molecule has 0 unspecified atom stereocenters. The van der Waals surface area contributed by atoms with Gasteiger partial charge in [-0.3, -0.25) is 14.4 Å². The lowest BCUT2D eigenvalue weighted by molar-refractivity contribution is -0.151. The summed E-state index contributed by atoms with van der Waals surface area (Å²) < 4.78 is 8.79. The van der Waals surface area contributed by atoms with Gasteiger partial charge >= 0.3 is 5.97 Å². The summed E-state index contributed by atoms with van der Waals surface area (Å²) in [6, 6.07) is 3.08. The first-order valence-electron chi connectivity index (χ1n) is 19.2. The highest BCUT2D eigenvalue weighted by atomic mass is 127. The molecular weight excluding hydrogens is 965 g/mol. The molecule has 0 radical (unpaired) electrons. The molecule has 1 aromatic carbocycles. The number of hydrogen-bond acceptors (Lipinski definition) is 4. The Morgan fingerprint density at radius 1 is 0.940 bits per heavy atom. The summed E-state index contributed by atoms with van der Waals surface area (Å²) in [6.45, 7) is 16.0. The standard InChI is InChI=1S/C41H59I3N2O4/c1-23(2)9-8-10-25(5)31-13-14-32-29-12-11-26-19-28(15-17-40(26,6)33(29)16-18-41(31,32)7)50-35(47)22-45-39(49)37(24(3)4)46-38(48)30-20-27(42)21-34(43)36(30)44/h11,20-21,23-25,28-29,31-33,37H,8-10,12-19,22H2,1-7H3,(H,45,49)(H,46,48)/t25-,28+,29+,31-,32+,33+,37+,40+,41-/m1/s1. The largest absolute Gasteiger partial charge is 0.461 e. The van der Waals surface area contributed by atoms with Crippen molar-refractivity contribution in [2.75, 3.05) is 6.54 Å². The molecule has 9 atom stereocenters. The number of allylic oxidation sites excluding steroid dienone is 1. The number of fused-ring (bicyclic) bond motifs is 5. The lowest BCUT2D eigenvalue weighted by atomic mass is 9.47. The van der Waals surface area contributed by atoms with Gasteiger partial charge in [0.05, 0.1) is 5.56 Å². The molecule has 0 aliphatic heterocycles. The molecule has 0 spiro atoms. The zero-order chi connectivity index (χ0) is 36.5. The Hall–Kier alpha value is -0.440. The summed E-state index contributed by atoms with van der Waals surface area (Å²) in [5, 5.41) is 5.66. The molecule has 0 aromatic heterocycles. The van der Waals surface area contributed by atoms with Crippen molar-refractivity contribution in [2.24, 2.45) is 52.3 Å². The molecule has 9 heteroatoms. The van der Waals surface area contributed by atoms with Crippen molar-refractivity contribution in [3.8, 4) is 0 Å². The molecule has 4 aliphatic rings. The molecule has 2 amide bonds. The quantitative estimate of drug-likeness (QED) is 0.0946. The van der Waals surface area contributed by atoms with Gasteiger partial charge in [-0.2, -0.15) is 0 Å². The first-order valence-corrected chi connectivity index (χ1v) is 22.4. The van der Waals surface area contributed by atoms with Crippen molar-refractivity contribution in [1.29, 1.82) is 0 Å². The summed E-state index contributed by atoms with van der Waals surface area (Å²) in [5.41, 5.74) is 2.71. The van der Waals surface area contributed by atoms with Crippen LogP contribution in [0.4, 0.5) is 0 Å². The van der Waals surface area contributed by atoms with Gasteiger partial charge in [-0.15, -0.1) is 0 Å². The molecule has 6 nitrogen and oxygen atoms in total. The summed E-state index contributed by atoms with van der Waals surface area (Å²) in [7, 11) is 0. The molecule has 3 saturated carbocycles. The molecule has 0 heterocycles. The Morgan fingerprint density at radius 2 is 1.68 bits per heavy atom. The molecule has 278 valence electrons. The van der Waals surface area contributed by atoms with Crippen LogP contribution in [-0.2, 0) is 14.3 Å². The van der Waals surface area contributed by atoms with Gasteiger partial charge in [-0.05, 0) is 177 Å². The van der Waals surface area contributed by atoms with E-state index in [0.717, 1.165) is 65.5 Å². The molecule has 1 aromatic rings. The Bertz CT molecular complexity index is 1460. The fourth-order valence-electron chi connectivity index (χ4n) is 10.7. The summed E-state index contributed by atoms with van der Waals surface area (Å²) in [5.74, 6) is 3.58. The van der Waals surface area contributed by atoms with E-state index in [2.05, 4.69) is 119 Å². The van der Waals surface area contributed by atoms with Gasteiger partial charge in [-0.25, -0.2) is 0 Å². The first-order chi connectivity index (χ1) is 23.5. The Labute approximate surface area is 342 Å². The van der Waals surface area contributed by atoms with Crippen LogP contribution in [0.15, 0.2) is 23.8 Å². The molecule has 3 fully saturated rings. The maximum absolute atomic E-state index is 13.2. The van der Waals surface area contributed by atoms with Crippen molar-refractivity contribution >= 4 is 85.6 Å². The minimum atomic E-state index is -0.766. The summed E-state index contributed by atoms with van der Waals surface area (Å²) in [4.78, 5) is 39.4. The Kier molecular flexibility index (Phi) is 13.8. The van der Waals surface area contributed by atoms with Crippen LogP contribution >= 0.6 is 67.8 Å². The van der Waals surface area contributed by atoms with Crippen LogP contribution < -0.4 is 10.6 Å². The number of esters is 1. The number of halogens is 3. The average molecular weight is 1020 g/mol. The SMILES string of the molecule is CC(C)CCC[C@@H](C)[C@H]1CC[C@H]2[C@@H]3CC=C4C[C@@H](OC(=O)CNC(=O)[C@@H](NC(=O)c5cc(I)cc(I)c5I)C(C)C)CC[C@]4(C)[C@H]3CC[C@]12C. The maximum Gasteiger partial charge on any atom is 0.325 e. The van der Waals surface area contributed by atoms with Crippen LogP contribution in [0.2, 0.25) is 0 Å². The predicted octanol–water partition coefficient (Wildman–Crippen LogP) is 10.3. The summed E-state index contributed by atoms with van der Waals surface area (Å²) in [6.07, 6.45) is 15.9. The van der Waals surface area contributed by atoms with Crippen molar-refractivity contribution in [3.63, 3.8) is 0 Å². The van der Waals surface area contributed by atoms with Crippen LogP contribution in [0.1, 0.15) is 129 Å². The van der Waals surface area contributed by atoms with Crippen molar-refractivity contribution in [1.82, 2.24) is 10.6 Å². The van der Waals surface area contributed by atoms with Crippen molar-refractivity contribution in [3.05, 3.63) is 40.1 Å². The molecule has 2 N–H and O–H groups in total.